The van der Waals surface area contributed by atoms with Crippen LogP contribution in [0, 0.1) is 0 Å². The fourth-order valence-electron chi connectivity index (χ4n) is 0.544. The zero-order valence-electron chi connectivity index (χ0n) is 5.83. The Morgan fingerprint density at radius 1 is 1.73 bits per heavy atom. The van der Waals surface area contributed by atoms with E-state index in [2.05, 4.69) is 16.5 Å². The lowest BCUT2D eigenvalue weighted by Crippen LogP contribution is -1.83. The standard InChI is InChI=1S/C7H7ClN2S/c1-2-5-11-6-3-4-9-7(8)10-6/h2-4H,1,5H2. The first-order valence-electron chi connectivity index (χ1n) is 3.05. The Balaban J connectivity index is 2.63. The second-order valence-corrected chi connectivity index (χ2v) is 3.14. The Labute approximate surface area is 74.7 Å². The van der Waals surface area contributed by atoms with Crippen LogP contribution in [-0.4, -0.2) is 15.7 Å². The normalized spacial score (nSPS) is 9.55. The quantitative estimate of drug-likeness (QED) is 0.314. The molecule has 1 rings (SSSR count). The fraction of sp³-hybridized carbons (Fsp3) is 0.143. The van der Waals surface area contributed by atoms with Crippen molar-refractivity contribution in [2.75, 3.05) is 5.75 Å². The number of nitrogens with zero attached hydrogens (tertiary/aromatic N) is 2. The Hall–Kier alpha value is -0.540. The summed E-state index contributed by atoms with van der Waals surface area (Å²) in [5, 5.41) is 1.17. The van der Waals surface area contributed by atoms with E-state index in [9.17, 15) is 0 Å². The van der Waals surface area contributed by atoms with Crippen molar-refractivity contribution in [1.82, 2.24) is 9.97 Å². The van der Waals surface area contributed by atoms with Gasteiger partial charge in [-0.05, 0) is 17.7 Å². The van der Waals surface area contributed by atoms with Crippen LogP contribution in [0.2, 0.25) is 5.28 Å². The molecule has 0 unspecified atom stereocenters. The van der Waals surface area contributed by atoms with Gasteiger partial charge in [-0.2, -0.15) is 0 Å². The molecule has 58 valence electrons. The maximum absolute atomic E-state index is 5.56. The third-order valence-corrected chi connectivity index (χ3v) is 2.06. The molecular formula is C7H7ClN2S. The lowest BCUT2D eigenvalue weighted by Gasteiger charge is -1.95. The van der Waals surface area contributed by atoms with Crippen molar-refractivity contribution in [3.05, 3.63) is 30.2 Å². The van der Waals surface area contributed by atoms with Crippen LogP contribution in [0.4, 0.5) is 0 Å². The van der Waals surface area contributed by atoms with Crippen LogP contribution < -0.4 is 0 Å². The van der Waals surface area contributed by atoms with Gasteiger partial charge in [0.15, 0.2) is 0 Å². The van der Waals surface area contributed by atoms with Crippen LogP contribution in [0.25, 0.3) is 0 Å². The number of aromatic nitrogens is 2. The van der Waals surface area contributed by atoms with Gasteiger partial charge in [-0.15, -0.1) is 18.3 Å². The molecule has 4 heteroatoms. The minimum Gasteiger partial charge on any atom is -0.226 e. The largest absolute Gasteiger partial charge is 0.226 e. The second-order valence-electron chi connectivity index (χ2n) is 1.76. The van der Waals surface area contributed by atoms with E-state index in [0.717, 1.165) is 10.8 Å². The van der Waals surface area contributed by atoms with Crippen LogP contribution >= 0.6 is 23.4 Å². The summed E-state index contributed by atoms with van der Waals surface area (Å²) in [6, 6.07) is 1.82. The number of rotatable bonds is 3. The van der Waals surface area contributed by atoms with Gasteiger partial charge in [0.2, 0.25) is 5.28 Å². The Kier molecular flexibility index (Phi) is 3.39. The molecule has 0 aliphatic heterocycles. The highest BCUT2D eigenvalue weighted by molar-refractivity contribution is 7.99. The zero-order valence-corrected chi connectivity index (χ0v) is 7.40. The second kappa shape index (κ2) is 4.36. The monoisotopic (exact) mass is 186 g/mol. The molecule has 0 aromatic carbocycles. The fourth-order valence-corrected chi connectivity index (χ4v) is 1.34. The smallest absolute Gasteiger partial charge is 0.223 e. The molecular weight excluding hydrogens is 180 g/mol. The molecule has 0 atom stereocenters. The summed E-state index contributed by atoms with van der Waals surface area (Å²) in [6.07, 6.45) is 3.46. The molecule has 0 aliphatic carbocycles. The molecule has 0 bridgehead atoms. The predicted octanol–water partition coefficient (Wildman–Crippen LogP) is 2.41. The van der Waals surface area contributed by atoms with E-state index in [1.807, 2.05) is 12.1 Å². The Morgan fingerprint density at radius 2 is 2.55 bits per heavy atom. The van der Waals surface area contributed by atoms with Crippen molar-refractivity contribution >= 4 is 23.4 Å². The first-order valence-corrected chi connectivity index (χ1v) is 4.41. The highest BCUT2D eigenvalue weighted by Gasteiger charge is 1.94. The third-order valence-electron chi connectivity index (χ3n) is 0.950. The van der Waals surface area contributed by atoms with Crippen molar-refractivity contribution in [2.45, 2.75) is 5.03 Å². The van der Waals surface area contributed by atoms with Crippen molar-refractivity contribution in [1.29, 1.82) is 0 Å². The average Bonchev–Trinajstić information content (AvgIpc) is 2.01. The first kappa shape index (κ1) is 8.56. The van der Waals surface area contributed by atoms with E-state index in [1.54, 1.807) is 18.0 Å². The van der Waals surface area contributed by atoms with Gasteiger partial charge < -0.3 is 0 Å². The SMILES string of the molecule is C=CCSc1ccnc(Cl)n1. The van der Waals surface area contributed by atoms with Gasteiger partial charge in [-0.1, -0.05) is 6.08 Å². The van der Waals surface area contributed by atoms with E-state index in [4.69, 9.17) is 11.6 Å². The van der Waals surface area contributed by atoms with E-state index in [1.165, 1.54) is 0 Å². The van der Waals surface area contributed by atoms with Crippen molar-refractivity contribution in [3.8, 4) is 0 Å². The summed E-state index contributed by atoms with van der Waals surface area (Å²) in [6.45, 7) is 3.60. The molecule has 2 nitrogen and oxygen atoms in total. The topological polar surface area (TPSA) is 25.8 Å². The molecule has 0 saturated carbocycles. The Bertz CT molecular complexity index is 252. The lowest BCUT2D eigenvalue weighted by atomic mass is 10.7. The molecule has 0 spiro atoms. The minimum atomic E-state index is 0.291. The van der Waals surface area contributed by atoms with Gasteiger partial charge in [-0.25, -0.2) is 9.97 Å². The molecule has 0 saturated heterocycles. The molecule has 11 heavy (non-hydrogen) atoms. The Morgan fingerprint density at radius 3 is 3.18 bits per heavy atom. The van der Waals surface area contributed by atoms with Crippen LogP contribution in [0.5, 0.6) is 0 Å². The van der Waals surface area contributed by atoms with Gasteiger partial charge >= 0.3 is 0 Å². The highest BCUT2D eigenvalue weighted by Crippen LogP contribution is 2.15. The van der Waals surface area contributed by atoms with Crippen LogP contribution in [0.3, 0.4) is 0 Å². The van der Waals surface area contributed by atoms with Crippen LogP contribution in [0.1, 0.15) is 0 Å². The molecule has 1 aromatic rings. The number of hydrogen-bond donors (Lipinski definition) is 0. The number of halogens is 1. The van der Waals surface area contributed by atoms with Crippen LogP contribution in [-0.2, 0) is 0 Å². The maximum Gasteiger partial charge on any atom is 0.223 e. The van der Waals surface area contributed by atoms with E-state index >= 15 is 0 Å². The summed E-state index contributed by atoms with van der Waals surface area (Å²) in [5.74, 6) is 0.841. The molecule has 1 aromatic heterocycles. The molecule has 1 heterocycles. The van der Waals surface area contributed by atoms with Crippen molar-refractivity contribution < 1.29 is 0 Å². The van der Waals surface area contributed by atoms with Gasteiger partial charge in [-0.3, -0.25) is 0 Å². The van der Waals surface area contributed by atoms with Crippen molar-refractivity contribution in [2.24, 2.45) is 0 Å². The van der Waals surface area contributed by atoms with Crippen molar-refractivity contribution in [3.63, 3.8) is 0 Å². The minimum absolute atomic E-state index is 0.291. The molecule has 0 radical (unpaired) electrons. The number of thioether (sulfide) groups is 1. The van der Waals surface area contributed by atoms with E-state index in [-0.39, 0.29) is 0 Å². The summed E-state index contributed by atoms with van der Waals surface area (Å²) in [4.78, 5) is 7.74. The summed E-state index contributed by atoms with van der Waals surface area (Å²) >= 11 is 7.14. The predicted molar refractivity (Wildman–Crippen MR) is 48.0 cm³/mol. The molecule has 0 amide bonds. The first-order chi connectivity index (χ1) is 5.33. The molecule has 0 aliphatic rings. The van der Waals surface area contributed by atoms with Gasteiger partial charge in [0.25, 0.3) is 0 Å². The zero-order chi connectivity index (χ0) is 8.10. The van der Waals surface area contributed by atoms with Crippen LogP contribution in [0.15, 0.2) is 29.9 Å². The lowest BCUT2D eigenvalue weighted by molar-refractivity contribution is 1.05. The number of hydrogen-bond acceptors (Lipinski definition) is 3. The van der Waals surface area contributed by atoms with E-state index < -0.39 is 0 Å². The van der Waals surface area contributed by atoms with E-state index in [0.29, 0.717) is 5.28 Å². The third kappa shape index (κ3) is 2.91. The molecule has 0 N–H and O–H groups in total. The average molecular weight is 187 g/mol. The highest BCUT2D eigenvalue weighted by atomic mass is 35.5. The summed E-state index contributed by atoms with van der Waals surface area (Å²) in [5.41, 5.74) is 0. The summed E-state index contributed by atoms with van der Waals surface area (Å²) in [7, 11) is 0. The van der Waals surface area contributed by atoms with Gasteiger partial charge in [0.05, 0.1) is 0 Å². The maximum atomic E-state index is 5.56. The van der Waals surface area contributed by atoms with Gasteiger partial charge in [0, 0.05) is 11.9 Å². The summed E-state index contributed by atoms with van der Waals surface area (Å²) < 4.78 is 0. The van der Waals surface area contributed by atoms with Gasteiger partial charge in [0.1, 0.15) is 5.03 Å². The molecule has 0 fully saturated rings.